The number of nitrogens with two attached hydrogens (primary N) is 1. The first-order valence-electron chi connectivity index (χ1n) is 11.7. The monoisotopic (exact) mass is 543 g/mol. The first-order chi connectivity index (χ1) is 17.3. The normalized spacial score (nSPS) is 15.7. The van der Waals surface area contributed by atoms with Gasteiger partial charge in [-0.2, -0.15) is 0 Å². The van der Waals surface area contributed by atoms with Gasteiger partial charge in [0.05, 0.1) is 21.7 Å². The van der Waals surface area contributed by atoms with Crippen molar-refractivity contribution >= 4 is 50.5 Å². The number of aliphatic imine (C=N–C) groups is 1. The maximum atomic E-state index is 13.8. The molecule has 3 heterocycles. The Morgan fingerprint density at radius 2 is 1.86 bits per heavy atom. The number of benzene rings is 1. The smallest absolute Gasteiger partial charge is 0.410 e. The molecule has 1 aromatic carbocycles. The van der Waals surface area contributed by atoms with E-state index >= 15 is 0 Å². The Bertz CT molecular complexity index is 1510. The van der Waals surface area contributed by atoms with Gasteiger partial charge in [0.25, 0.3) is 10.0 Å². The number of fused-ring (bicyclic) bond motifs is 1. The number of likely N-dealkylation sites (tertiary alicyclic amines) is 1. The lowest BCUT2D eigenvalue weighted by atomic mass is 10.1. The lowest BCUT2D eigenvalue weighted by Gasteiger charge is -2.37. The number of hydrogen-bond donors (Lipinski definition) is 1. The predicted molar refractivity (Wildman–Crippen MR) is 145 cm³/mol. The van der Waals surface area contributed by atoms with Gasteiger partial charge in [-0.1, -0.05) is 29.3 Å². The standard InChI is InChI=1S/C26H30ClN5O4S/c1-16-6-8-19(9-7-16)37(34,35)32-23(12-20-22(27)10-11-29-24(20)32)21(17(2)28)13-30-18-14-31(15-18)25(33)36-26(3,4)5/h6-13,18H,14-15,28H2,1-5H3. The van der Waals surface area contributed by atoms with Gasteiger partial charge in [-0.3, -0.25) is 4.99 Å². The minimum Gasteiger partial charge on any atom is -0.444 e. The molecule has 196 valence electrons. The third-order valence-electron chi connectivity index (χ3n) is 5.80. The zero-order valence-corrected chi connectivity index (χ0v) is 23.0. The summed E-state index contributed by atoms with van der Waals surface area (Å²) in [5, 5.41) is 0.837. The number of carbonyl (C=O) groups is 1. The van der Waals surface area contributed by atoms with Gasteiger partial charge >= 0.3 is 6.09 Å². The second kappa shape index (κ2) is 9.83. The van der Waals surface area contributed by atoms with E-state index in [4.69, 9.17) is 22.1 Å². The number of halogens is 1. The fourth-order valence-electron chi connectivity index (χ4n) is 3.87. The molecule has 0 bridgehead atoms. The van der Waals surface area contributed by atoms with Crippen molar-refractivity contribution in [2.45, 2.75) is 51.2 Å². The molecule has 2 N–H and O–H groups in total. The predicted octanol–water partition coefficient (Wildman–Crippen LogP) is 4.61. The van der Waals surface area contributed by atoms with E-state index < -0.39 is 21.7 Å². The Kier molecular flexibility index (Phi) is 7.09. The lowest BCUT2D eigenvalue weighted by Crippen LogP contribution is -2.54. The summed E-state index contributed by atoms with van der Waals surface area (Å²) in [5.74, 6) is 0. The van der Waals surface area contributed by atoms with Crippen LogP contribution in [0.1, 0.15) is 39.0 Å². The Hall–Kier alpha value is -3.37. The fourth-order valence-corrected chi connectivity index (χ4v) is 5.53. The minimum atomic E-state index is -4.06. The molecule has 1 fully saturated rings. The summed E-state index contributed by atoms with van der Waals surface area (Å²) < 4.78 is 34.2. The maximum absolute atomic E-state index is 13.8. The first-order valence-corrected chi connectivity index (χ1v) is 13.6. The average Bonchev–Trinajstić information content (AvgIpc) is 3.15. The van der Waals surface area contributed by atoms with E-state index in [1.807, 2.05) is 27.7 Å². The summed E-state index contributed by atoms with van der Waals surface area (Å²) in [4.78, 5) is 22.8. The number of carbonyl (C=O) groups excluding carboxylic acids is 1. The number of amides is 1. The molecule has 9 nitrogen and oxygen atoms in total. The number of hydrogen-bond acceptors (Lipinski definition) is 7. The summed E-state index contributed by atoms with van der Waals surface area (Å²) in [7, 11) is -4.06. The SMILES string of the molecule is CC(N)=C(C=NC1CN(C(=O)OC(C)(C)C)C1)c1cc2c(Cl)ccnc2n1S(=O)(=O)c1ccc(C)cc1. The zero-order chi connectivity index (χ0) is 27.1. The van der Waals surface area contributed by atoms with Crippen molar-refractivity contribution < 1.29 is 17.9 Å². The molecule has 1 aliphatic heterocycles. The van der Waals surface area contributed by atoms with E-state index in [1.54, 1.807) is 54.4 Å². The van der Waals surface area contributed by atoms with E-state index in [0.717, 1.165) is 9.54 Å². The number of rotatable bonds is 5. The summed E-state index contributed by atoms with van der Waals surface area (Å²) in [6, 6.07) is 9.66. The molecule has 1 amide bonds. The van der Waals surface area contributed by atoms with Crippen molar-refractivity contribution in [2.75, 3.05) is 13.1 Å². The van der Waals surface area contributed by atoms with E-state index in [-0.39, 0.29) is 16.6 Å². The molecular weight excluding hydrogens is 514 g/mol. The van der Waals surface area contributed by atoms with Crippen molar-refractivity contribution in [1.29, 1.82) is 0 Å². The van der Waals surface area contributed by atoms with Gasteiger partial charge in [-0.15, -0.1) is 0 Å². The Morgan fingerprint density at radius 1 is 1.22 bits per heavy atom. The number of ether oxygens (including phenoxy) is 1. The number of aromatic nitrogens is 2. The fraction of sp³-hybridized carbons (Fsp3) is 0.346. The van der Waals surface area contributed by atoms with Gasteiger partial charge in [-0.25, -0.2) is 22.2 Å². The van der Waals surface area contributed by atoms with Crippen LogP contribution < -0.4 is 5.73 Å². The Morgan fingerprint density at radius 3 is 2.46 bits per heavy atom. The highest BCUT2D eigenvalue weighted by molar-refractivity contribution is 7.90. The van der Waals surface area contributed by atoms with Crippen LogP contribution in [-0.2, 0) is 14.8 Å². The quantitative estimate of drug-likeness (QED) is 0.469. The van der Waals surface area contributed by atoms with Crippen molar-refractivity contribution in [1.82, 2.24) is 13.9 Å². The zero-order valence-electron chi connectivity index (χ0n) is 21.4. The van der Waals surface area contributed by atoms with Crippen LogP contribution in [0.3, 0.4) is 0 Å². The molecule has 1 aliphatic rings. The second-order valence-electron chi connectivity index (χ2n) is 10.1. The maximum Gasteiger partial charge on any atom is 0.410 e. The highest BCUT2D eigenvalue weighted by Crippen LogP contribution is 2.32. The number of pyridine rings is 1. The van der Waals surface area contributed by atoms with E-state index in [0.29, 0.717) is 40.5 Å². The van der Waals surface area contributed by atoms with Crippen molar-refractivity contribution in [3.63, 3.8) is 0 Å². The van der Waals surface area contributed by atoms with Crippen LogP contribution in [-0.4, -0.2) is 59.3 Å². The van der Waals surface area contributed by atoms with Crippen LogP contribution in [0.2, 0.25) is 5.02 Å². The van der Waals surface area contributed by atoms with Crippen LogP contribution in [0.4, 0.5) is 4.79 Å². The average molecular weight is 544 g/mol. The van der Waals surface area contributed by atoms with Crippen molar-refractivity contribution in [3.8, 4) is 0 Å². The topological polar surface area (TPSA) is 120 Å². The molecule has 1 saturated heterocycles. The second-order valence-corrected chi connectivity index (χ2v) is 12.3. The van der Waals surface area contributed by atoms with E-state index in [2.05, 4.69) is 9.98 Å². The van der Waals surface area contributed by atoms with Crippen LogP contribution in [0, 0.1) is 6.92 Å². The van der Waals surface area contributed by atoms with Crippen molar-refractivity contribution in [3.05, 3.63) is 64.6 Å². The van der Waals surface area contributed by atoms with Gasteiger partial charge in [0, 0.05) is 42.2 Å². The van der Waals surface area contributed by atoms with Crippen molar-refractivity contribution in [2.24, 2.45) is 10.7 Å². The Labute approximate surface area is 221 Å². The van der Waals surface area contributed by atoms with Gasteiger partial charge in [0.2, 0.25) is 0 Å². The molecule has 0 spiro atoms. The van der Waals surface area contributed by atoms with Gasteiger partial charge in [0.1, 0.15) is 5.60 Å². The van der Waals surface area contributed by atoms with Crippen LogP contribution >= 0.6 is 11.6 Å². The highest BCUT2D eigenvalue weighted by atomic mass is 35.5. The lowest BCUT2D eigenvalue weighted by molar-refractivity contribution is 0.00911. The number of nitrogens with zero attached hydrogens (tertiary/aromatic N) is 4. The summed E-state index contributed by atoms with van der Waals surface area (Å²) in [5.41, 5.74) is 7.86. The summed E-state index contributed by atoms with van der Waals surface area (Å²) in [6.45, 7) is 9.77. The Balaban J connectivity index is 1.72. The van der Waals surface area contributed by atoms with Crippen LogP contribution in [0.5, 0.6) is 0 Å². The molecule has 4 rings (SSSR count). The molecule has 0 atom stereocenters. The minimum absolute atomic E-state index is 0.108. The molecule has 0 radical (unpaired) electrons. The van der Waals surface area contributed by atoms with Gasteiger partial charge in [-0.05, 0) is 58.9 Å². The highest BCUT2D eigenvalue weighted by Gasteiger charge is 2.33. The number of aryl methyl sites for hydroxylation is 1. The summed E-state index contributed by atoms with van der Waals surface area (Å²) in [6.07, 6.45) is 2.62. The summed E-state index contributed by atoms with van der Waals surface area (Å²) >= 11 is 6.42. The van der Waals surface area contributed by atoms with E-state index in [9.17, 15) is 13.2 Å². The van der Waals surface area contributed by atoms with Crippen LogP contribution in [0.25, 0.3) is 16.6 Å². The van der Waals surface area contributed by atoms with Gasteiger partial charge < -0.3 is 15.4 Å². The molecule has 3 aromatic rings. The molecule has 0 aliphatic carbocycles. The van der Waals surface area contributed by atoms with Gasteiger partial charge in [0.15, 0.2) is 5.65 Å². The first kappa shape index (κ1) is 26.7. The largest absolute Gasteiger partial charge is 0.444 e. The third-order valence-corrected chi connectivity index (χ3v) is 7.84. The molecule has 2 aromatic heterocycles. The molecule has 37 heavy (non-hydrogen) atoms. The molecular formula is C26H30ClN5O4S. The molecule has 0 saturated carbocycles. The van der Waals surface area contributed by atoms with E-state index in [1.165, 1.54) is 6.20 Å². The molecule has 11 heteroatoms. The number of allylic oxidation sites excluding steroid dienone is 2. The van der Waals surface area contributed by atoms with Crippen LogP contribution in [0.15, 0.2) is 58.2 Å². The third kappa shape index (κ3) is 5.50. The molecule has 0 unspecified atom stereocenters.